The Morgan fingerprint density at radius 3 is 2.50 bits per heavy atom. The lowest BCUT2D eigenvalue weighted by atomic mass is 10.1. The molecule has 0 aromatic rings. The minimum Gasteiger partial charge on any atom is -0.251 e. The molecule has 0 saturated carbocycles. The van der Waals surface area contributed by atoms with Crippen LogP contribution in [0, 0.1) is 0 Å². The quantitative estimate of drug-likeness (QED) is 0.547. The molecular formula is C11H15F. The van der Waals surface area contributed by atoms with Gasteiger partial charge in [-0.15, -0.1) is 0 Å². The van der Waals surface area contributed by atoms with Gasteiger partial charge in [0.1, 0.15) is 0 Å². The van der Waals surface area contributed by atoms with Crippen molar-refractivity contribution in [3.8, 4) is 0 Å². The average Bonchev–Trinajstić information content (AvgIpc) is 2.10. The van der Waals surface area contributed by atoms with E-state index in [0.29, 0.717) is 6.42 Å². The normalized spacial score (nSPS) is 12.8. The van der Waals surface area contributed by atoms with Gasteiger partial charge in [-0.3, -0.25) is 4.39 Å². The number of hydrogen-bond acceptors (Lipinski definition) is 0. The number of alkyl halides is 1. The number of halogens is 1. The van der Waals surface area contributed by atoms with Crippen LogP contribution in [0.2, 0.25) is 0 Å². The summed E-state index contributed by atoms with van der Waals surface area (Å²) in [6, 6.07) is 0. The van der Waals surface area contributed by atoms with Crippen LogP contribution in [0.5, 0.6) is 0 Å². The Labute approximate surface area is 73.8 Å². The van der Waals surface area contributed by atoms with Crippen LogP contribution in [0.4, 0.5) is 4.39 Å². The molecule has 0 aliphatic heterocycles. The largest absolute Gasteiger partial charge is 0.251 e. The maximum atomic E-state index is 12.0. The molecule has 0 radical (unpaired) electrons. The first-order chi connectivity index (χ1) is 5.76. The Balaban J connectivity index is 4.46. The van der Waals surface area contributed by atoms with Crippen LogP contribution in [-0.2, 0) is 0 Å². The van der Waals surface area contributed by atoms with Gasteiger partial charge in [0.15, 0.2) is 0 Å². The minimum atomic E-state index is -0.333. The van der Waals surface area contributed by atoms with Gasteiger partial charge in [-0.05, 0) is 18.1 Å². The van der Waals surface area contributed by atoms with Gasteiger partial charge in [0, 0.05) is 6.42 Å². The molecule has 1 heteroatoms. The van der Waals surface area contributed by atoms with Gasteiger partial charge in [-0.1, -0.05) is 37.5 Å². The van der Waals surface area contributed by atoms with Crippen LogP contribution in [0.25, 0.3) is 0 Å². The zero-order valence-electron chi connectivity index (χ0n) is 7.52. The van der Waals surface area contributed by atoms with E-state index in [0.717, 1.165) is 11.1 Å². The third-order valence-electron chi connectivity index (χ3n) is 1.60. The molecule has 0 unspecified atom stereocenters. The SMILES string of the molecule is C=C/C=C\C(C)=C(/C=C)CCF. The molecule has 0 aliphatic rings. The van der Waals surface area contributed by atoms with E-state index < -0.39 is 0 Å². The minimum absolute atomic E-state index is 0.333. The second kappa shape index (κ2) is 6.59. The van der Waals surface area contributed by atoms with Crippen LogP contribution in [0.1, 0.15) is 13.3 Å². The third kappa shape index (κ3) is 3.91. The molecular weight excluding hydrogens is 151 g/mol. The van der Waals surface area contributed by atoms with E-state index in [9.17, 15) is 4.39 Å². The first-order valence-electron chi connectivity index (χ1n) is 3.93. The molecule has 0 atom stereocenters. The van der Waals surface area contributed by atoms with Crippen molar-refractivity contribution in [3.63, 3.8) is 0 Å². The lowest BCUT2D eigenvalue weighted by molar-refractivity contribution is 0.496. The molecule has 0 amide bonds. The van der Waals surface area contributed by atoms with Crippen LogP contribution in [0.3, 0.4) is 0 Å². The number of allylic oxidation sites excluding steroid dienone is 6. The molecule has 12 heavy (non-hydrogen) atoms. The fraction of sp³-hybridized carbons (Fsp3) is 0.273. The first-order valence-corrected chi connectivity index (χ1v) is 3.93. The highest BCUT2D eigenvalue weighted by atomic mass is 19.1. The summed E-state index contributed by atoms with van der Waals surface area (Å²) in [4.78, 5) is 0. The third-order valence-corrected chi connectivity index (χ3v) is 1.60. The van der Waals surface area contributed by atoms with Gasteiger partial charge in [-0.2, -0.15) is 0 Å². The van der Waals surface area contributed by atoms with Crippen LogP contribution in [-0.4, -0.2) is 6.67 Å². The second-order valence-corrected chi connectivity index (χ2v) is 2.45. The highest BCUT2D eigenvalue weighted by Crippen LogP contribution is 2.11. The zero-order valence-corrected chi connectivity index (χ0v) is 7.52. The molecule has 0 aromatic heterocycles. The molecule has 0 rings (SSSR count). The smallest absolute Gasteiger partial charge is 0.0934 e. The van der Waals surface area contributed by atoms with Gasteiger partial charge >= 0.3 is 0 Å². The van der Waals surface area contributed by atoms with Crippen molar-refractivity contribution in [2.75, 3.05) is 6.67 Å². The lowest BCUT2D eigenvalue weighted by Crippen LogP contribution is -1.84. The summed E-state index contributed by atoms with van der Waals surface area (Å²) >= 11 is 0. The Kier molecular flexibility index (Phi) is 5.98. The van der Waals surface area contributed by atoms with E-state index in [1.807, 2.05) is 19.1 Å². The average molecular weight is 166 g/mol. The summed E-state index contributed by atoms with van der Waals surface area (Å²) in [6.45, 7) is 8.78. The Morgan fingerprint density at radius 2 is 2.08 bits per heavy atom. The Hall–Kier alpha value is -1.11. The summed E-state index contributed by atoms with van der Waals surface area (Å²) in [5.41, 5.74) is 2.00. The molecule has 0 nitrogen and oxygen atoms in total. The maximum Gasteiger partial charge on any atom is 0.0934 e. The van der Waals surface area contributed by atoms with Crippen molar-refractivity contribution >= 4 is 0 Å². The summed E-state index contributed by atoms with van der Waals surface area (Å²) in [5.74, 6) is 0. The van der Waals surface area contributed by atoms with E-state index in [1.165, 1.54) is 0 Å². The van der Waals surface area contributed by atoms with Crippen LogP contribution < -0.4 is 0 Å². The van der Waals surface area contributed by atoms with E-state index in [4.69, 9.17) is 0 Å². The standard InChI is InChI=1S/C11H15F/c1-4-6-7-10(3)11(5-2)8-9-12/h4-7H,1-2,8-9H2,3H3/b7-6-,11-10+. The molecule has 0 heterocycles. The molecule has 0 spiro atoms. The predicted octanol–water partition coefficient (Wildman–Crippen LogP) is 3.59. The fourth-order valence-corrected chi connectivity index (χ4v) is 0.881. The second-order valence-electron chi connectivity index (χ2n) is 2.45. The van der Waals surface area contributed by atoms with Crippen molar-refractivity contribution in [1.82, 2.24) is 0 Å². The van der Waals surface area contributed by atoms with E-state index in [1.54, 1.807) is 12.2 Å². The summed E-state index contributed by atoms with van der Waals surface area (Å²) in [7, 11) is 0. The molecule has 0 N–H and O–H groups in total. The molecule has 66 valence electrons. The number of hydrogen-bond donors (Lipinski definition) is 0. The van der Waals surface area contributed by atoms with Gasteiger partial charge in [0.25, 0.3) is 0 Å². The molecule has 0 aliphatic carbocycles. The van der Waals surface area contributed by atoms with Crippen molar-refractivity contribution in [3.05, 3.63) is 48.6 Å². The zero-order chi connectivity index (χ0) is 9.40. The topological polar surface area (TPSA) is 0 Å². The number of rotatable bonds is 5. The summed E-state index contributed by atoms with van der Waals surface area (Å²) in [6.07, 6.45) is 7.57. The van der Waals surface area contributed by atoms with E-state index in [2.05, 4.69) is 13.2 Å². The van der Waals surface area contributed by atoms with Gasteiger partial charge < -0.3 is 0 Å². The van der Waals surface area contributed by atoms with E-state index in [-0.39, 0.29) is 6.67 Å². The Bertz CT molecular complexity index is 209. The van der Waals surface area contributed by atoms with Gasteiger partial charge in [0.05, 0.1) is 6.67 Å². The van der Waals surface area contributed by atoms with Gasteiger partial charge in [-0.25, -0.2) is 0 Å². The summed E-state index contributed by atoms with van der Waals surface area (Å²) in [5, 5.41) is 0. The molecule has 0 fully saturated rings. The monoisotopic (exact) mass is 166 g/mol. The highest BCUT2D eigenvalue weighted by molar-refractivity contribution is 5.31. The van der Waals surface area contributed by atoms with Crippen molar-refractivity contribution in [2.24, 2.45) is 0 Å². The Morgan fingerprint density at radius 1 is 1.42 bits per heavy atom. The fourth-order valence-electron chi connectivity index (χ4n) is 0.881. The van der Waals surface area contributed by atoms with Crippen molar-refractivity contribution in [2.45, 2.75) is 13.3 Å². The first kappa shape index (κ1) is 10.9. The molecule has 0 bridgehead atoms. The van der Waals surface area contributed by atoms with Gasteiger partial charge in [0.2, 0.25) is 0 Å². The van der Waals surface area contributed by atoms with Crippen molar-refractivity contribution in [1.29, 1.82) is 0 Å². The lowest BCUT2D eigenvalue weighted by Gasteiger charge is -2.00. The molecule has 0 saturated heterocycles. The maximum absolute atomic E-state index is 12.0. The summed E-state index contributed by atoms with van der Waals surface area (Å²) < 4.78 is 12.0. The van der Waals surface area contributed by atoms with Crippen molar-refractivity contribution < 1.29 is 4.39 Å². The van der Waals surface area contributed by atoms with Crippen LogP contribution >= 0.6 is 0 Å². The van der Waals surface area contributed by atoms with E-state index >= 15 is 0 Å². The van der Waals surface area contributed by atoms with Crippen LogP contribution in [0.15, 0.2) is 48.6 Å². The predicted molar refractivity (Wildman–Crippen MR) is 52.8 cm³/mol. The molecule has 0 aromatic carbocycles. The highest BCUT2D eigenvalue weighted by Gasteiger charge is 1.94.